The van der Waals surface area contributed by atoms with Gasteiger partial charge >= 0.3 is 11.9 Å². The van der Waals surface area contributed by atoms with E-state index in [0.717, 1.165) is 18.9 Å². The van der Waals surface area contributed by atoms with Crippen LogP contribution >= 0.6 is 0 Å². The summed E-state index contributed by atoms with van der Waals surface area (Å²) in [6.45, 7) is 14.5. The van der Waals surface area contributed by atoms with Crippen molar-refractivity contribution in [3.05, 3.63) is 25.3 Å². The van der Waals surface area contributed by atoms with E-state index in [1.165, 1.54) is 83.1 Å². The highest BCUT2D eigenvalue weighted by molar-refractivity contribution is 5.81. The highest BCUT2D eigenvalue weighted by Crippen LogP contribution is 2.14. The molecule has 1 saturated heterocycles. The molecule has 0 aromatic carbocycles. The first-order valence-corrected chi connectivity index (χ1v) is 15.0. The average molecular weight is 557 g/mol. The van der Waals surface area contributed by atoms with Crippen molar-refractivity contribution < 1.29 is 38.0 Å². The molecule has 8 heteroatoms. The number of rotatable bonds is 20. The second-order valence-electron chi connectivity index (χ2n) is 9.72. The predicted octanol–water partition coefficient (Wildman–Crippen LogP) is 7.05. The van der Waals surface area contributed by atoms with Gasteiger partial charge in [-0.3, -0.25) is 0 Å². The molecule has 0 bridgehead atoms. The Kier molecular flexibility index (Phi) is 26.6. The standard InChI is InChI=1S/C20H38O2.C11H18O6/c1-4-6-7-8-9-10-11-12-13-14-15-16-17-18-19(3)22-20(21)5-2;1-3-9(12)17-11-8-13-7-10(14-4-2)15-5-6-16-11/h5,19H,2,4,6-18H2,1,3H3;3,10-11H,1,4-8H2,2H3. The fraction of sp³-hybridized carbons (Fsp3) is 0.806. The molecule has 0 N–H and O–H groups in total. The van der Waals surface area contributed by atoms with Crippen molar-refractivity contribution >= 4 is 11.9 Å². The van der Waals surface area contributed by atoms with Crippen LogP contribution in [-0.2, 0) is 38.0 Å². The lowest BCUT2D eigenvalue weighted by Crippen LogP contribution is -2.27. The van der Waals surface area contributed by atoms with E-state index in [0.29, 0.717) is 19.8 Å². The molecule has 0 saturated carbocycles. The summed E-state index contributed by atoms with van der Waals surface area (Å²) in [6, 6.07) is 0. The van der Waals surface area contributed by atoms with Gasteiger partial charge in [-0.05, 0) is 26.7 Å². The second-order valence-corrected chi connectivity index (χ2v) is 9.72. The van der Waals surface area contributed by atoms with Crippen LogP contribution in [0, 0.1) is 0 Å². The van der Waals surface area contributed by atoms with Crippen LogP contribution in [0.25, 0.3) is 0 Å². The lowest BCUT2D eigenvalue weighted by Gasteiger charge is -2.16. The first kappa shape index (κ1) is 37.3. The fourth-order valence-electron chi connectivity index (χ4n) is 4.00. The highest BCUT2D eigenvalue weighted by Gasteiger charge is 2.18. The SMILES string of the molecule is C=CC(=O)OC(C)CCCCCCCCCCCCCCC.C=CC(=O)OC1COCC(OCC)OCCO1. The predicted molar refractivity (Wildman–Crippen MR) is 154 cm³/mol. The van der Waals surface area contributed by atoms with Gasteiger partial charge in [0.2, 0.25) is 6.29 Å². The molecule has 0 aromatic heterocycles. The van der Waals surface area contributed by atoms with Gasteiger partial charge in [0.05, 0.1) is 25.9 Å². The summed E-state index contributed by atoms with van der Waals surface area (Å²) in [5.41, 5.74) is 0. The van der Waals surface area contributed by atoms with Crippen LogP contribution in [-0.4, -0.2) is 63.7 Å². The van der Waals surface area contributed by atoms with Crippen LogP contribution in [0.3, 0.4) is 0 Å². The number of hydrogen-bond acceptors (Lipinski definition) is 8. The van der Waals surface area contributed by atoms with Crippen molar-refractivity contribution in [1.29, 1.82) is 0 Å². The highest BCUT2D eigenvalue weighted by atomic mass is 16.7. The number of hydrogen-bond donors (Lipinski definition) is 0. The Labute approximate surface area is 237 Å². The van der Waals surface area contributed by atoms with Crippen LogP contribution in [0.1, 0.15) is 111 Å². The van der Waals surface area contributed by atoms with Gasteiger partial charge < -0.3 is 28.4 Å². The molecule has 228 valence electrons. The van der Waals surface area contributed by atoms with Crippen molar-refractivity contribution in [1.82, 2.24) is 0 Å². The number of ether oxygens (including phenoxy) is 6. The van der Waals surface area contributed by atoms with Gasteiger partial charge in [-0.1, -0.05) is 97.1 Å². The molecule has 1 aliphatic rings. The zero-order chi connectivity index (χ0) is 29.0. The van der Waals surface area contributed by atoms with Crippen molar-refractivity contribution in [2.45, 2.75) is 129 Å². The molecule has 0 radical (unpaired) electrons. The molecule has 1 fully saturated rings. The second kappa shape index (κ2) is 27.8. The first-order valence-electron chi connectivity index (χ1n) is 15.0. The zero-order valence-corrected chi connectivity index (χ0v) is 25.0. The molecular formula is C31H56O8. The normalized spacial score (nSPS) is 18.3. The van der Waals surface area contributed by atoms with Crippen LogP contribution in [0.15, 0.2) is 25.3 Å². The smallest absolute Gasteiger partial charge is 0.332 e. The number of esters is 2. The van der Waals surface area contributed by atoms with E-state index in [2.05, 4.69) is 20.1 Å². The van der Waals surface area contributed by atoms with Crippen molar-refractivity contribution in [2.24, 2.45) is 0 Å². The third-order valence-corrected chi connectivity index (χ3v) is 6.16. The minimum Gasteiger partial charge on any atom is -0.460 e. The van der Waals surface area contributed by atoms with Gasteiger partial charge in [0.25, 0.3) is 0 Å². The Morgan fingerprint density at radius 3 is 1.77 bits per heavy atom. The lowest BCUT2D eigenvalue weighted by atomic mass is 10.0. The Hall–Kier alpha value is -1.74. The number of unbranched alkanes of at least 4 members (excludes halogenated alkanes) is 12. The molecule has 39 heavy (non-hydrogen) atoms. The maximum atomic E-state index is 11.0. The Balaban J connectivity index is 0.000000763. The Bertz CT molecular complexity index is 609. The van der Waals surface area contributed by atoms with Crippen molar-refractivity contribution in [3.63, 3.8) is 0 Å². The Morgan fingerprint density at radius 1 is 0.769 bits per heavy atom. The van der Waals surface area contributed by atoms with E-state index < -0.39 is 18.5 Å². The third-order valence-electron chi connectivity index (χ3n) is 6.16. The van der Waals surface area contributed by atoms with Gasteiger partial charge in [-0.25, -0.2) is 9.59 Å². The van der Waals surface area contributed by atoms with Gasteiger partial charge in [0.1, 0.15) is 6.61 Å². The summed E-state index contributed by atoms with van der Waals surface area (Å²) >= 11 is 0. The summed E-state index contributed by atoms with van der Waals surface area (Å²) in [5, 5.41) is 0. The van der Waals surface area contributed by atoms with Gasteiger partial charge in [0.15, 0.2) is 6.29 Å². The summed E-state index contributed by atoms with van der Waals surface area (Å²) in [5.74, 6) is -0.845. The molecule has 0 spiro atoms. The summed E-state index contributed by atoms with van der Waals surface area (Å²) in [7, 11) is 0. The molecule has 1 rings (SSSR count). The largest absolute Gasteiger partial charge is 0.460 e. The molecule has 0 aromatic rings. The maximum Gasteiger partial charge on any atom is 0.332 e. The van der Waals surface area contributed by atoms with Crippen LogP contribution < -0.4 is 0 Å². The van der Waals surface area contributed by atoms with E-state index >= 15 is 0 Å². The third kappa shape index (κ3) is 25.0. The summed E-state index contributed by atoms with van der Waals surface area (Å²) < 4.78 is 31.3. The van der Waals surface area contributed by atoms with Crippen LogP contribution in [0.2, 0.25) is 0 Å². The van der Waals surface area contributed by atoms with Gasteiger partial charge in [-0.2, -0.15) is 0 Å². The van der Waals surface area contributed by atoms with E-state index in [-0.39, 0.29) is 25.3 Å². The fourth-order valence-corrected chi connectivity index (χ4v) is 4.00. The monoisotopic (exact) mass is 556 g/mol. The molecule has 1 aliphatic heterocycles. The molecular weight excluding hydrogens is 500 g/mol. The first-order chi connectivity index (χ1) is 19.0. The maximum absolute atomic E-state index is 11.0. The van der Waals surface area contributed by atoms with E-state index in [1.54, 1.807) is 0 Å². The average Bonchev–Trinajstić information content (AvgIpc) is 3.04. The number of carbonyl (C=O) groups excluding carboxylic acids is 2. The molecule has 0 amide bonds. The van der Waals surface area contributed by atoms with Crippen molar-refractivity contribution in [3.8, 4) is 0 Å². The summed E-state index contributed by atoms with van der Waals surface area (Å²) in [4.78, 5) is 22.0. The Morgan fingerprint density at radius 2 is 1.26 bits per heavy atom. The van der Waals surface area contributed by atoms with Crippen LogP contribution in [0.4, 0.5) is 0 Å². The molecule has 8 nitrogen and oxygen atoms in total. The number of carbonyl (C=O) groups is 2. The van der Waals surface area contributed by atoms with Gasteiger partial charge in [0, 0.05) is 18.8 Å². The molecule has 0 aliphatic carbocycles. The van der Waals surface area contributed by atoms with Crippen molar-refractivity contribution in [2.75, 3.05) is 33.0 Å². The zero-order valence-electron chi connectivity index (χ0n) is 25.0. The topological polar surface area (TPSA) is 89.5 Å². The lowest BCUT2D eigenvalue weighted by molar-refractivity contribution is -0.185. The quantitative estimate of drug-likeness (QED) is 0.0895. The minimum absolute atomic E-state index is 0.0261. The molecule has 3 unspecified atom stereocenters. The van der Waals surface area contributed by atoms with E-state index in [1.807, 2.05) is 13.8 Å². The van der Waals surface area contributed by atoms with E-state index in [9.17, 15) is 9.59 Å². The minimum atomic E-state index is -0.732. The van der Waals surface area contributed by atoms with E-state index in [4.69, 9.17) is 28.4 Å². The van der Waals surface area contributed by atoms with Gasteiger partial charge in [-0.15, -0.1) is 0 Å². The summed E-state index contributed by atoms with van der Waals surface area (Å²) in [6.07, 6.45) is 19.9. The van der Waals surface area contributed by atoms with Crippen LogP contribution in [0.5, 0.6) is 0 Å². The molecule has 1 heterocycles. The molecule has 3 atom stereocenters.